The Hall–Kier alpha value is -1.42. The first-order valence-electron chi connectivity index (χ1n) is 7.44. The van der Waals surface area contributed by atoms with E-state index in [-0.39, 0.29) is 11.7 Å². The molecular formula is C16H23FN2O. The van der Waals surface area contributed by atoms with Gasteiger partial charge in [0, 0.05) is 12.6 Å². The highest BCUT2D eigenvalue weighted by Crippen LogP contribution is 2.24. The second-order valence-electron chi connectivity index (χ2n) is 5.47. The predicted octanol–water partition coefficient (Wildman–Crippen LogP) is 2.49. The van der Waals surface area contributed by atoms with Gasteiger partial charge in [-0.1, -0.05) is 25.0 Å². The second kappa shape index (κ2) is 7.39. The number of hydrogen-bond acceptors (Lipinski definition) is 2. The fourth-order valence-corrected chi connectivity index (χ4v) is 2.87. The molecule has 2 N–H and O–H groups in total. The Morgan fingerprint density at radius 1 is 1.25 bits per heavy atom. The molecule has 0 saturated heterocycles. The highest BCUT2D eigenvalue weighted by molar-refractivity contribution is 5.79. The molecule has 1 aliphatic carbocycles. The summed E-state index contributed by atoms with van der Waals surface area (Å²) >= 11 is 0. The lowest BCUT2D eigenvalue weighted by atomic mass is 10.1. The van der Waals surface area contributed by atoms with Gasteiger partial charge < -0.3 is 10.6 Å². The minimum atomic E-state index is -0.267. The van der Waals surface area contributed by atoms with E-state index in [1.165, 1.54) is 25.0 Å². The third-order valence-corrected chi connectivity index (χ3v) is 3.96. The number of amides is 1. The van der Waals surface area contributed by atoms with Crippen molar-refractivity contribution in [2.24, 2.45) is 5.73 Å². The third kappa shape index (κ3) is 4.04. The molecule has 0 unspecified atom stereocenters. The van der Waals surface area contributed by atoms with Gasteiger partial charge in [0.05, 0.1) is 6.42 Å². The molecule has 110 valence electrons. The molecule has 0 atom stereocenters. The van der Waals surface area contributed by atoms with Crippen LogP contribution in [0.2, 0.25) is 0 Å². The first-order chi connectivity index (χ1) is 9.70. The van der Waals surface area contributed by atoms with E-state index in [1.807, 2.05) is 4.90 Å². The quantitative estimate of drug-likeness (QED) is 0.869. The van der Waals surface area contributed by atoms with Crippen molar-refractivity contribution in [3.63, 3.8) is 0 Å². The average Bonchev–Trinajstić information content (AvgIpc) is 2.96. The molecule has 1 saturated carbocycles. The van der Waals surface area contributed by atoms with E-state index in [4.69, 9.17) is 5.73 Å². The van der Waals surface area contributed by atoms with Crippen LogP contribution in [0, 0.1) is 5.82 Å². The maximum Gasteiger partial charge on any atom is 0.227 e. The minimum Gasteiger partial charge on any atom is -0.339 e. The van der Waals surface area contributed by atoms with Crippen molar-refractivity contribution in [1.29, 1.82) is 0 Å². The second-order valence-corrected chi connectivity index (χ2v) is 5.47. The van der Waals surface area contributed by atoms with E-state index in [0.29, 0.717) is 19.0 Å². The molecular weight excluding hydrogens is 255 g/mol. The molecule has 1 amide bonds. The maximum absolute atomic E-state index is 12.9. The number of hydrogen-bond donors (Lipinski definition) is 1. The van der Waals surface area contributed by atoms with Gasteiger partial charge in [0.1, 0.15) is 5.82 Å². The van der Waals surface area contributed by atoms with E-state index < -0.39 is 0 Å². The first kappa shape index (κ1) is 15.0. The molecule has 3 nitrogen and oxygen atoms in total. The van der Waals surface area contributed by atoms with Gasteiger partial charge in [0.15, 0.2) is 0 Å². The summed E-state index contributed by atoms with van der Waals surface area (Å²) in [6, 6.07) is 6.55. The summed E-state index contributed by atoms with van der Waals surface area (Å²) in [6.07, 6.45) is 5.79. The molecule has 0 heterocycles. The molecule has 0 aromatic heterocycles. The standard InChI is InChI=1S/C16H23FN2O/c17-14-8-6-13(7-9-14)12-16(20)19(11-3-10-18)15-4-1-2-5-15/h6-9,15H,1-5,10-12,18H2. The van der Waals surface area contributed by atoms with Gasteiger partial charge in [0.25, 0.3) is 0 Å². The smallest absolute Gasteiger partial charge is 0.227 e. The SMILES string of the molecule is NCCCN(C(=O)Cc1ccc(F)cc1)C1CCCC1. The molecule has 0 spiro atoms. The van der Waals surface area contributed by atoms with Gasteiger partial charge in [-0.2, -0.15) is 0 Å². The summed E-state index contributed by atoms with van der Waals surface area (Å²) in [7, 11) is 0. The van der Waals surface area contributed by atoms with Crippen molar-refractivity contribution in [3.8, 4) is 0 Å². The van der Waals surface area contributed by atoms with Gasteiger partial charge in [0.2, 0.25) is 5.91 Å². The fraction of sp³-hybridized carbons (Fsp3) is 0.562. The number of rotatable bonds is 6. The van der Waals surface area contributed by atoms with Crippen LogP contribution in [0.3, 0.4) is 0 Å². The van der Waals surface area contributed by atoms with E-state index in [0.717, 1.165) is 31.4 Å². The van der Waals surface area contributed by atoms with E-state index in [9.17, 15) is 9.18 Å². The molecule has 1 fully saturated rings. The number of nitrogens with two attached hydrogens (primary N) is 1. The zero-order valence-electron chi connectivity index (χ0n) is 11.9. The lowest BCUT2D eigenvalue weighted by Crippen LogP contribution is -2.41. The highest BCUT2D eigenvalue weighted by Gasteiger charge is 2.25. The zero-order chi connectivity index (χ0) is 14.4. The number of carbonyl (C=O) groups excluding carboxylic acids is 1. The van der Waals surface area contributed by atoms with Crippen LogP contribution in [0.25, 0.3) is 0 Å². The van der Waals surface area contributed by atoms with Crippen LogP contribution in [-0.2, 0) is 11.2 Å². The zero-order valence-corrected chi connectivity index (χ0v) is 11.9. The topological polar surface area (TPSA) is 46.3 Å². The maximum atomic E-state index is 12.9. The summed E-state index contributed by atoms with van der Waals surface area (Å²) in [5.41, 5.74) is 6.43. The molecule has 20 heavy (non-hydrogen) atoms. The van der Waals surface area contributed by atoms with Crippen LogP contribution >= 0.6 is 0 Å². The molecule has 1 aromatic carbocycles. The largest absolute Gasteiger partial charge is 0.339 e. The van der Waals surface area contributed by atoms with Crippen LogP contribution in [0.15, 0.2) is 24.3 Å². The predicted molar refractivity (Wildman–Crippen MR) is 77.7 cm³/mol. The number of nitrogens with zero attached hydrogens (tertiary/aromatic N) is 1. The van der Waals surface area contributed by atoms with Gasteiger partial charge >= 0.3 is 0 Å². The minimum absolute atomic E-state index is 0.136. The molecule has 4 heteroatoms. The van der Waals surface area contributed by atoms with Crippen molar-refractivity contribution in [3.05, 3.63) is 35.6 Å². The van der Waals surface area contributed by atoms with Crippen molar-refractivity contribution < 1.29 is 9.18 Å². The molecule has 1 aliphatic rings. The van der Waals surface area contributed by atoms with Gasteiger partial charge in [-0.05, 0) is 43.5 Å². The Morgan fingerprint density at radius 2 is 1.90 bits per heavy atom. The molecule has 1 aromatic rings. The van der Waals surface area contributed by atoms with Crippen molar-refractivity contribution in [2.45, 2.75) is 44.6 Å². The lowest BCUT2D eigenvalue weighted by molar-refractivity contribution is -0.132. The van der Waals surface area contributed by atoms with E-state index in [2.05, 4.69) is 0 Å². The van der Waals surface area contributed by atoms with Crippen LogP contribution in [0.5, 0.6) is 0 Å². The Kier molecular flexibility index (Phi) is 5.53. The lowest BCUT2D eigenvalue weighted by Gasteiger charge is -2.29. The van der Waals surface area contributed by atoms with Crippen LogP contribution in [0.1, 0.15) is 37.7 Å². The van der Waals surface area contributed by atoms with Gasteiger partial charge in [-0.15, -0.1) is 0 Å². The van der Waals surface area contributed by atoms with Crippen molar-refractivity contribution >= 4 is 5.91 Å². The molecule has 0 radical (unpaired) electrons. The normalized spacial score (nSPS) is 15.5. The number of halogens is 1. The average molecular weight is 278 g/mol. The van der Waals surface area contributed by atoms with Crippen LogP contribution in [0.4, 0.5) is 4.39 Å². The van der Waals surface area contributed by atoms with Crippen molar-refractivity contribution in [2.75, 3.05) is 13.1 Å². The Morgan fingerprint density at radius 3 is 2.50 bits per heavy atom. The highest BCUT2D eigenvalue weighted by atomic mass is 19.1. The summed E-state index contributed by atoms with van der Waals surface area (Å²) in [5, 5.41) is 0. The number of benzene rings is 1. The van der Waals surface area contributed by atoms with E-state index in [1.54, 1.807) is 12.1 Å². The molecule has 0 bridgehead atoms. The number of carbonyl (C=O) groups is 1. The van der Waals surface area contributed by atoms with Crippen molar-refractivity contribution in [1.82, 2.24) is 4.90 Å². The van der Waals surface area contributed by atoms with Crippen LogP contribution < -0.4 is 5.73 Å². The van der Waals surface area contributed by atoms with Crippen LogP contribution in [-0.4, -0.2) is 29.9 Å². The monoisotopic (exact) mass is 278 g/mol. The Balaban J connectivity index is 1.99. The summed E-state index contributed by atoms with van der Waals surface area (Å²) in [5.74, 6) is -0.131. The van der Waals surface area contributed by atoms with E-state index >= 15 is 0 Å². The Labute approximate surface area is 120 Å². The Bertz CT molecular complexity index is 427. The van der Waals surface area contributed by atoms with Gasteiger partial charge in [-0.3, -0.25) is 4.79 Å². The summed E-state index contributed by atoms with van der Waals surface area (Å²) < 4.78 is 12.9. The summed E-state index contributed by atoms with van der Waals surface area (Å²) in [6.45, 7) is 1.34. The fourth-order valence-electron chi connectivity index (χ4n) is 2.87. The van der Waals surface area contributed by atoms with Gasteiger partial charge in [-0.25, -0.2) is 4.39 Å². The first-order valence-corrected chi connectivity index (χ1v) is 7.44. The third-order valence-electron chi connectivity index (χ3n) is 3.96. The molecule has 0 aliphatic heterocycles. The molecule has 2 rings (SSSR count). The summed E-state index contributed by atoms with van der Waals surface area (Å²) in [4.78, 5) is 14.5.